The molecule has 1 unspecified atom stereocenters. The Hall–Kier alpha value is -4.17. The van der Waals surface area contributed by atoms with Gasteiger partial charge in [-0.2, -0.15) is 4.98 Å². The molecule has 1 saturated heterocycles. The van der Waals surface area contributed by atoms with E-state index in [1.807, 2.05) is 6.07 Å². The Morgan fingerprint density at radius 2 is 1.95 bits per heavy atom. The number of methoxy groups -OCH3 is 1. The monoisotopic (exact) mass is 587 g/mol. The highest BCUT2D eigenvalue weighted by atomic mass is 32.1. The zero-order valence-electron chi connectivity index (χ0n) is 23.5. The number of piperidine rings is 1. The van der Waals surface area contributed by atoms with Crippen LogP contribution in [0.3, 0.4) is 0 Å². The second kappa shape index (κ2) is 15.6. The summed E-state index contributed by atoms with van der Waals surface area (Å²) in [5, 5.41) is 12.4. The van der Waals surface area contributed by atoms with Gasteiger partial charge < -0.3 is 29.9 Å². The number of carbonyl (C=O) groups is 4. The van der Waals surface area contributed by atoms with Gasteiger partial charge in [0.15, 0.2) is 5.13 Å². The number of nitrogens with one attached hydrogen (secondary N) is 2. The maximum Gasteiger partial charge on any atom is 0.350 e. The van der Waals surface area contributed by atoms with E-state index in [1.165, 1.54) is 7.11 Å². The van der Waals surface area contributed by atoms with E-state index in [4.69, 9.17) is 14.1 Å². The normalized spacial score (nSPS) is 13.8. The number of anilines is 1. The quantitative estimate of drug-likeness (QED) is 0.234. The van der Waals surface area contributed by atoms with Gasteiger partial charge >= 0.3 is 5.97 Å². The molecular formula is C27H35N6O7S+. The van der Waals surface area contributed by atoms with Crippen molar-refractivity contribution in [2.45, 2.75) is 46.1 Å². The number of aromatic nitrogens is 3. The number of thiazole rings is 1. The van der Waals surface area contributed by atoms with E-state index in [9.17, 15) is 14.4 Å². The standard InChI is InChI=1S/C25H30N6O5S.C2H4O2/c1-4-35-24(34)21-14(2)27-25(37-21)30-20(32)13-19(16-8-10-26-11-9-16)29-23(33)18-7-5-6-17(12-18)22-28-15(3)36-31-22;1-4-2-3/h5-7,12,16,19,26H,4,8-11,13H2,1-3H3,(H,29,33)(H,27,30,32);2H,1H3/p+1. The van der Waals surface area contributed by atoms with Gasteiger partial charge in [-0.05, 0) is 31.9 Å². The molecule has 1 atom stereocenters. The number of aryl methyl sites for hydroxylation is 2. The van der Waals surface area contributed by atoms with E-state index < -0.39 is 5.97 Å². The van der Waals surface area contributed by atoms with Crippen molar-refractivity contribution in [1.29, 1.82) is 0 Å². The van der Waals surface area contributed by atoms with Crippen LogP contribution in [0.15, 0.2) is 28.8 Å². The topological polar surface area (TPSA) is 179 Å². The van der Waals surface area contributed by atoms with Gasteiger partial charge in [-0.1, -0.05) is 28.6 Å². The summed E-state index contributed by atoms with van der Waals surface area (Å²) < 4.78 is 14.0. The second-order valence-electron chi connectivity index (χ2n) is 9.24. The van der Waals surface area contributed by atoms with E-state index in [2.05, 4.69) is 35.8 Å². The third-order valence-corrected chi connectivity index (χ3v) is 7.34. The highest BCUT2D eigenvalue weighted by Gasteiger charge is 2.29. The lowest BCUT2D eigenvalue weighted by Gasteiger charge is -2.29. The van der Waals surface area contributed by atoms with Gasteiger partial charge in [0.2, 0.25) is 17.6 Å². The van der Waals surface area contributed by atoms with E-state index in [0.29, 0.717) is 45.0 Å². The molecule has 1 aliphatic heterocycles. The number of carbonyl (C=O) groups excluding carboxylic acids is 4. The minimum absolute atomic E-state index is 0.0908. The van der Waals surface area contributed by atoms with Gasteiger partial charge in [-0.25, -0.2) is 9.78 Å². The third kappa shape index (κ3) is 9.18. The number of hydrogen-bond donors (Lipinski definition) is 3. The highest BCUT2D eigenvalue weighted by Crippen LogP contribution is 2.25. The predicted octanol–water partition coefficient (Wildman–Crippen LogP) is 1.88. The lowest BCUT2D eigenvalue weighted by atomic mass is 9.88. The van der Waals surface area contributed by atoms with Crippen LogP contribution in [-0.4, -0.2) is 72.2 Å². The number of rotatable bonds is 10. The molecule has 0 bridgehead atoms. The van der Waals surface area contributed by atoms with Crippen LogP contribution in [0.5, 0.6) is 0 Å². The summed E-state index contributed by atoms with van der Waals surface area (Å²) in [6.07, 6.45) is 1.88. The second-order valence-corrected chi connectivity index (χ2v) is 10.2. The number of ether oxygens (including phenoxy) is 2. The Balaban J connectivity index is 0.00000108. The molecule has 3 aromatic rings. The molecule has 4 rings (SSSR count). The summed E-state index contributed by atoms with van der Waals surface area (Å²) in [5.41, 5.74) is 1.62. The first-order chi connectivity index (χ1) is 19.7. The first-order valence-electron chi connectivity index (χ1n) is 13.2. The van der Waals surface area contributed by atoms with Crippen LogP contribution >= 0.6 is 11.3 Å². The van der Waals surface area contributed by atoms with Crippen LogP contribution in [0.25, 0.3) is 11.4 Å². The largest absolute Gasteiger partial charge is 0.471 e. The van der Waals surface area contributed by atoms with Crippen molar-refractivity contribution in [3.63, 3.8) is 0 Å². The lowest BCUT2D eigenvalue weighted by molar-refractivity contribution is -0.665. The summed E-state index contributed by atoms with van der Waals surface area (Å²) in [4.78, 5) is 56.2. The fourth-order valence-corrected chi connectivity index (χ4v) is 5.24. The van der Waals surface area contributed by atoms with Gasteiger partial charge in [0.05, 0.1) is 32.5 Å². The first kappa shape index (κ1) is 31.4. The Labute approximate surface area is 241 Å². The van der Waals surface area contributed by atoms with Crippen LogP contribution in [0, 0.1) is 19.8 Å². The number of benzene rings is 1. The molecule has 1 aliphatic rings. The molecule has 0 radical (unpaired) electrons. The van der Waals surface area contributed by atoms with Crippen molar-refractivity contribution in [1.82, 2.24) is 20.4 Å². The fraction of sp³-hybridized carbons (Fsp3) is 0.444. The summed E-state index contributed by atoms with van der Waals surface area (Å²) in [5.74, 6) is 0.00136. The maximum absolute atomic E-state index is 13.2. The zero-order valence-corrected chi connectivity index (χ0v) is 24.3. The molecule has 14 heteroatoms. The molecule has 2 amide bonds. The Morgan fingerprint density at radius 3 is 2.59 bits per heavy atom. The predicted molar refractivity (Wildman–Crippen MR) is 149 cm³/mol. The van der Waals surface area contributed by atoms with Crippen molar-refractivity contribution in [2.24, 2.45) is 5.92 Å². The number of hydrogen-bond acceptors (Lipinski definition) is 11. The number of quaternary nitrogens is 1. The first-order valence-corrected chi connectivity index (χ1v) is 14.0. The van der Waals surface area contributed by atoms with Crippen molar-refractivity contribution in [3.05, 3.63) is 46.3 Å². The molecule has 0 aliphatic carbocycles. The van der Waals surface area contributed by atoms with Crippen LogP contribution in [0.2, 0.25) is 0 Å². The van der Waals surface area contributed by atoms with Gasteiger partial charge in [0, 0.05) is 43.4 Å². The van der Waals surface area contributed by atoms with Gasteiger partial charge in [-0.3, -0.25) is 14.4 Å². The minimum atomic E-state index is -0.459. The molecule has 13 nitrogen and oxygen atoms in total. The molecule has 1 aromatic carbocycles. The summed E-state index contributed by atoms with van der Waals surface area (Å²) in [6, 6.07) is 6.64. The molecule has 0 spiro atoms. The maximum atomic E-state index is 13.2. The molecule has 4 N–H and O–H groups in total. The number of nitrogens with zero attached hydrogens (tertiary/aromatic N) is 3. The van der Waals surface area contributed by atoms with Crippen molar-refractivity contribution in [3.8, 4) is 11.4 Å². The van der Waals surface area contributed by atoms with Gasteiger partial charge in [0.1, 0.15) is 4.88 Å². The fourth-order valence-electron chi connectivity index (χ4n) is 4.36. The molecule has 2 aromatic heterocycles. The smallest absolute Gasteiger partial charge is 0.350 e. The molecule has 41 heavy (non-hydrogen) atoms. The van der Waals surface area contributed by atoms with Gasteiger partial charge in [0.25, 0.3) is 12.4 Å². The molecule has 220 valence electrons. The van der Waals surface area contributed by atoms with E-state index >= 15 is 0 Å². The molecule has 0 saturated carbocycles. The van der Waals surface area contributed by atoms with Crippen LogP contribution in [0.4, 0.5) is 5.13 Å². The van der Waals surface area contributed by atoms with E-state index in [0.717, 1.165) is 37.3 Å². The van der Waals surface area contributed by atoms with E-state index in [1.54, 1.807) is 39.0 Å². The minimum Gasteiger partial charge on any atom is -0.471 e. The SMILES string of the molecule is CCOC(=O)c1sc(NC(=O)CC(NC(=O)c2cccc(-c3noc(C)n3)c2)C2CC[NH2+]CC2)nc1C.COC=O. The lowest BCUT2D eigenvalue weighted by Crippen LogP contribution is -2.86. The van der Waals surface area contributed by atoms with Crippen LogP contribution in [-0.2, 0) is 19.1 Å². The van der Waals surface area contributed by atoms with Gasteiger partial charge in [-0.15, -0.1) is 0 Å². The zero-order chi connectivity index (χ0) is 29.8. The van der Waals surface area contributed by atoms with Crippen LogP contribution in [0.1, 0.15) is 57.8 Å². The summed E-state index contributed by atoms with van der Waals surface area (Å²) in [7, 11) is 1.31. The Bertz CT molecular complexity index is 1340. The third-order valence-electron chi connectivity index (χ3n) is 6.28. The molecule has 3 heterocycles. The summed E-state index contributed by atoms with van der Waals surface area (Å²) >= 11 is 1.08. The van der Waals surface area contributed by atoms with Crippen molar-refractivity contribution < 1.29 is 38.5 Å². The number of esters is 1. The average molecular weight is 588 g/mol. The summed E-state index contributed by atoms with van der Waals surface area (Å²) in [6.45, 7) is 7.66. The Kier molecular flexibility index (Phi) is 11.9. The highest BCUT2D eigenvalue weighted by molar-refractivity contribution is 7.17. The molecule has 1 fully saturated rings. The average Bonchev–Trinajstić information content (AvgIpc) is 3.58. The van der Waals surface area contributed by atoms with Crippen molar-refractivity contribution in [2.75, 3.05) is 32.1 Å². The Morgan fingerprint density at radius 1 is 1.22 bits per heavy atom. The number of amides is 2. The molecular weight excluding hydrogens is 552 g/mol. The van der Waals surface area contributed by atoms with Crippen molar-refractivity contribution >= 4 is 40.7 Å². The number of nitrogens with two attached hydrogens (primary N) is 1. The van der Waals surface area contributed by atoms with E-state index in [-0.39, 0.29) is 36.8 Å². The van der Waals surface area contributed by atoms with Crippen LogP contribution < -0.4 is 16.0 Å².